The number of imidazole rings is 1. The van der Waals surface area contributed by atoms with E-state index < -0.39 is 0 Å². The lowest BCUT2D eigenvalue weighted by Crippen LogP contribution is -2.06. The average molecular weight is 354 g/mol. The lowest BCUT2D eigenvalue weighted by Gasteiger charge is -2.11. The molecule has 0 bridgehead atoms. The van der Waals surface area contributed by atoms with Crippen LogP contribution in [0.3, 0.4) is 0 Å². The highest BCUT2D eigenvalue weighted by molar-refractivity contribution is 7.99. The summed E-state index contributed by atoms with van der Waals surface area (Å²) in [7, 11) is 1.71. The predicted molar refractivity (Wildman–Crippen MR) is 93.0 cm³/mol. The molecule has 0 amide bonds. The van der Waals surface area contributed by atoms with Crippen molar-refractivity contribution in [1.29, 1.82) is 0 Å². The van der Waals surface area contributed by atoms with E-state index in [0.717, 1.165) is 27.7 Å². The van der Waals surface area contributed by atoms with Gasteiger partial charge in [0.2, 0.25) is 0 Å². The van der Waals surface area contributed by atoms with Gasteiger partial charge in [-0.15, -0.1) is 11.3 Å². The number of thiazole rings is 1. The monoisotopic (exact) mass is 353 g/mol. The minimum Gasteiger partial charge on any atom is -0.383 e. The van der Waals surface area contributed by atoms with Gasteiger partial charge < -0.3 is 9.30 Å². The second-order valence-corrected chi connectivity index (χ2v) is 7.47. The largest absolute Gasteiger partial charge is 0.383 e. The van der Waals surface area contributed by atoms with Gasteiger partial charge in [0, 0.05) is 30.3 Å². The van der Waals surface area contributed by atoms with E-state index in [-0.39, 0.29) is 5.25 Å². The number of hydrogen-bond donors (Lipinski definition) is 0. The van der Waals surface area contributed by atoms with Gasteiger partial charge in [0.25, 0.3) is 0 Å². The molecule has 0 aliphatic rings. The van der Waals surface area contributed by atoms with Gasteiger partial charge in [-0.25, -0.2) is 9.97 Å². The van der Waals surface area contributed by atoms with Crippen LogP contribution in [0.1, 0.15) is 17.2 Å². The molecule has 0 fully saturated rings. The van der Waals surface area contributed by atoms with Crippen LogP contribution >= 0.6 is 34.7 Å². The van der Waals surface area contributed by atoms with Crippen molar-refractivity contribution >= 4 is 45.7 Å². The van der Waals surface area contributed by atoms with Crippen LogP contribution in [0.15, 0.2) is 34.9 Å². The summed E-state index contributed by atoms with van der Waals surface area (Å²) in [6, 6.07) is 5.81. The molecule has 7 heteroatoms. The molecular formula is C15H16ClN3OS2. The third-order valence-corrected chi connectivity index (χ3v) is 5.72. The third-order valence-electron chi connectivity index (χ3n) is 3.28. The van der Waals surface area contributed by atoms with E-state index in [1.165, 1.54) is 0 Å². The molecular weight excluding hydrogens is 338 g/mol. The molecule has 0 unspecified atom stereocenters. The maximum absolute atomic E-state index is 6.08. The summed E-state index contributed by atoms with van der Waals surface area (Å²) in [6.45, 7) is 3.56. The number of aromatic nitrogens is 3. The summed E-state index contributed by atoms with van der Waals surface area (Å²) >= 11 is 9.46. The Morgan fingerprint density at radius 2 is 2.32 bits per heavy atom. The first-order chi connectivity index (χ1) is 10.7. The summed E-state index contributed by atoms with van der Waals surface area (Å²) < 4.78 is 7.41. The first-order valence-electron chi connectivity index (χ1n) is 6.90. The van der Waals surface area contributed by atoms with Gasteiger partial charge in [-0.05, 0) is 25.1 Å². The van der Waals surface area contributed by atoms with Crippen LogP contribution in [0.2, 0.25) is 5.02 Å². The summed E-state index contributed by atoms with van der Waals surface area (Å²) in [4.78, 5) is 9.13. The van der Waals surface area contributed by atoms with Crippen LogP contribution in [-0.4, -0.2) is 28.3 Å². The number of nitrogens with zero attached hydrogens (tertiary/aromatic N) is 3. The normalized spacial score (nSPS) is 12.9. The zero-order valence-electron chi connectivity index (χ0n) is 12.3. The van der Waals surface area contributed by atoms with Gasteiger partial charge in [0.15, 0.2) is 5.16 Å². The average Bonchev–Trinajstić information content (AvgIpc) is 3.12. The number of halogens is 1. The number of ether oxygens (including phenoxy) is 1. The topological polar surface area (TPSA) is 39.9 Å². The van der Waals surface area contributed by atoms with Crippen LogP contribution in [0, 0.1) is 0 Å². The quantitative estimate of drug-likeness (QED) is 0.605. The fourth-order valence-electron chi connectivity index (χ4n) is 2.21. The van der Waals surface area contributed by atoms with Gasteiger partial charge in [-0.2, -0.15) is 0 Å². The third kappa shape index (κ3) is 3.30. The van der Waals surface area contributed by atoms with Gasteiger partial charge in [-0.1, -0.05) is 23.4 Å². The molecule has 3 aromatic rings. The van der Waals surface area contributed by atoms with E-state index in [2.05, 4.69) is 16.5 Å². The highest BCUT2D eigenvalue weighted by Crippen LogP contribution is 2.37. The van der Waals surface area contributed by atoms with E-state index in [1.54, 1.807) is 30.2 Å². The van der Waals surface area contributed by atoms with E-state index in [0.29, 0.717) is 11.6 Å². The van der Waals surface area contributed by atoms with Gasteiger partial charge >= 0.3 is 0 Å². The van der Waals surface area contributed by atoms with Gasteiger partial charge in [0.1, 0.15) is 5.01 Å². The van der Waals surface area contributed by atoms with Crippen LogP contribution in [-0.2, 0) is 11.3 Å². The van der Waals surface area contributed by atoms with Crippen molar-refractivity contribution in [1.82, 2.24) is 14.5 Å². The fourth-order valence-corrected chi connectivity index (χ4v) is 4.21. The Balaban J connectivity index is 1.96. The highest BCUT2D eigenvalue weighted by Gasteiger charge is 2.17. The Labute approximate surface area is 142 Å². The molecule has 3 rings (SSSR count). The second kappa shape index (κ2) is 7.00. The van der Waals surface area contributed by atoms with E-state index in [1.807, 2.05) is 29.8 Å². The Hall–Kier alpha value is -1.08. The zero-order valence-corrected chi connectivity index (χ0v) is 14.7. The Kier molecular flexibility index (Phi) is 5.03. The number of methoxy groups -OCH3 is 1. The molecule has 2 heterocycles. The number of fused-ring (bicyclic) bond motifs is 1. The molecule has 0 spiro atoms. The van der Waals surface area contributed by atoms with Crippen molar-refractivity contribution in [2.45, 2.75) is 23.9 Å². The Morgan fingerprint density at radius 1 is 1.45 bits per heavy atom. The summed E-state index contributed by atoms with van der Waals surface area (Å²) in [5, 5.41) is 5.03. The lowest BCUT2D eigenvalue weighted by atomic mass is 10.3. The van der Waals surface area contributed by atoms with E-state index >= 15 is 0 Å². The van der Waals surface area contributed by atoms with Crippen LogP contribution in [0.4, 0.5) is 0 Å². The van der Waals surface area contributed by atoms with Crippen molar-refractivity contribution in [2.24, 2.45) is 0 Å². The second-order valence-electron chi connectivity index (χ2n) is 4.80. The first kappa shape index (κ1) is 15.8. The van der Waals surface area contributed by atoms with Crippen LogP contribution in [0.25, 0.3) is 11.0 Å². The minimum absolute atomic E-state index is 0.258. The molecule has 4 nitrogen and oxygen atoms in total. The molecule has 0 saturated heterocycles. The maximum Gasteiger partial charge on any atom is 0.169 e. The van der Waals surface area contributed by atoms with E-state index in [9.17, 15) is 0 Å². The van der Waals surface area contributed by atoms with Crippen molar-refractivity contribution in [3.63, 3.8) is 0 Å². The Bertz CT molecular complexity index is 758. The number of benzene rings is 1. The van der Waals surface area contributed by atoms with Gasteiger partial charge in [0.05, 0.1) is 22.9 Å². The molecule has 1 aromatic carbocycles. The number of rotatable bonds is 6. The molecule has 0 aliphatic carbocycles. The van der Waals surface area contributed by atoms with Crippen molar-refractivity contribution in [3.8, 4) is 0 Å². The molecule has 116 valence electrons. The number of hydrogen-bond acceptors (Lipinski definition) is 5. The first-order valence-corrected chi connectivity index (χ1v) is 9.03. The molecule has 0 N–H and O–H groups in total. The Morgan fingerprint density at radius 3 is 3.05 bits per heavy atom. The van der Waals surface area contributed by atoms with Crippen LogP contribution < -0.4 is 0 Å². The summed E-state index contributed by atoms with van der Waals surface area (Å²) in [5.74, 6) is 0. The van der Waals surface area contributed by atoms with Crippen molar-refractivity contribution in [2.75, 3.05) is 13.7 Å². The predicted octanol–water partition coefficient (Wildman–Crippen LogP) is 4.65. The standard InChI is InChI=1S/C15H16ClN3OS2/c1-10(14-17-5-8-21-14)22-15-18-12-9-11(16)3-4-13(12)19(15)6-7-20-2/h3-5,8-10H,6-7H2,1-2H3/t10-/m0/s1. The zero-order chi connectivity index (χ0) is 15.5. The summed E-state index contributed by atoms with van der Waals surface area (Å²) in [5.41, 5.74) is 1.99. The highest BCUT2D eigenvalue weighted by atomic mass is 35.5. The van der Waals surface area contributed by atoms with E-state index in [4.69, 9.17) is 21.3 Å². The van der Waals surface area contributed by atoms with Gasteiger partial charge in [-0.3, -0.25) is 0 Å². The number of thioether (sulfide) groups is 1. The van der Waals surface area contributed by atoms with Crippen molar-refractivity contribution < 1.29 is 4.74 Å². The molecule has 0 radical (unpaired) electrons. The molecule has 2 aromatic heterocycles. The van der Waals surface area contributed by atoms with Crippen molar-refractivity contribution in [3.05, 3.63) is 39.8 Å². The molecule has 0 aliphatic heterocycles. The molecule has 22 heavy (non-hydrogen) atoms. The SMILES string of the molecule is COCCn1c(S[C@@H](C)c2nccs2)nc2cc(Cl)ccc21. The molecule has 0 saturated carbocycles. The minimum atomic E-state index is 0.258. The lowest BCUT2D eigenvalue weighted by molar-refractivity contribution is 0.186. The molecule has 1 atom stereocenters. The fraction of sp³-hybridized carbons (Fsp3) is 0.333. The maximum atomic E-state index is 6.08. The smallest absolute Gasteiger partial charge is 0.169 e. The summed E-state index contributed by atoms with van der Waals surface area (Å²) in [6.07, 6.45) is 1.84. The van der Waals surface area contributed by atoms with Crippen LogP contribution in [0.5, 0.6) is 0 Å².